The summed E-state index contributed by atoms with van der Waals surface area (Å²) in [6, 6.07) is 34.8. The minimum Gasteiger partial charge on any atom is -0.336 e. The number of fused-ring (bicyclic) bond motifs is 6. The first kappa shape index (κ1) is 19.6. The number of para-hydroxylation sites is 4. The molecule has 0 spiro atoms. The summed E-state index contributed by atoms with van der Waals surface area (Å²) >= 11 is 0. The lowest BCUT2D eigenvalue weighted by Crippen LogP contribution is -2.00. The van der Waals surface area contributed by atoms with E-state index < -0.39 is 0 Å². The number of hydrogen-bond acceptors (Lipinski definition) is 0. The van der Waals surface area contributed by atoms with Crippen LogP contribution in [0.2, 0.25) is 0 Å². The number of allylic oxidation sites excluding steroid dienone is 4. The van der Waals surface area contributed by atoms with Crippen molar-refractivity contribution in [3.63, 3.8) is 0 Å². The highest BCUT2D eigenvalue weighted by Gasteiger charge is 2.13. The van der Waals surface area contributed by atoms with Crippen LogP contribution >= 0.6 is 0 Å². The Hall–Kier alpha value is -4.04. The SMILES string of the molecule is CC/C=C\C(=C/Cn1c2ccccc2c2ccccc21)n1c2ccccc2c2ccccc21. The second-order valence-corrected chi connectivity index (χ2v) is 8.45. The molecule has 0 atom stereocenters. The Morgan fingerprint density at radius 3 is 1.52 bits per heavy atom. The molecule has 33 heavy (non-hydrogen) atoms. The van der Waals surface area contributed by atoms with Gasteiger partial charge in [-0.05, 0) is 42.8 Å². The van der Waals surface area contributed by atoms with Crippen LogP contribution in [0.15, 0.2) is 115 Å². The summed E-state index contributed by atoms with van der Waals surface area (Å²) in [6.45, 7) is 2.99. The fourth-order valence-electron chi connectivity index (χ4n) is 5.06. The van der Waals surface area contributed by atoms with Gasteiger partial charge in [0.25, 0.3) is 0 Å². The first-order valence-electron chi connectivity index (χ1n) is 11.7. The maximum absolute atomic E-state index is 2.43. The molecule has 6 aromatic rings. The number of nitrogens with zero attached hydrogens (tertiary/aromatic N) is 2. The quantitative estimate of drug-likeness (QED) is 0.245. The number of aromatic nitrogens is 2. The number of hydrogen-bond donors (Lipinski definition) is 0. The summed E-state index contributed by atoms with van der Waals surface area (Å²) in [5.74, 6) is 0. The largest absolute Gasteiger partial charge is 0.336 e. The molecule has 2 heteroatoms. The Labute approximate surface area is 193 Å². The first-order valence-corrected chi connectivity index (χ1v) is 11.7. The molecule has 0 radical (unpaired) electrons. The van der Waals surface area contributed by atoms with Crippen molar-refractivity contribution in [3.8, 4) is 0 Å². The highest BCUT2D eigenvalue weighted by Crippen LogP contribution is 2.33. The lowest BCUT2D eigenvalue weighted by atomic mass is 10.2. The number of rotatable bonds is 5. The van der Waals surface area contributed by atoms with Crippen molar-refractivity contribution in [1.82, 2.24) is 9.13 Å². The number of benzene rings is 4. The molecule has 0 unspecified atom stereocenters. The van der Waals surface area contributed by atoms with Gasteiger partial charge in [0.1, 0.15) is 0 Å². The van der Waals surface area contributed by atoms with Crippen LogP contribution in [0.4, 0.5) is 0 Å². The maximum atomic E-state index is 2.43. The minimum atomic E-state index is 0.804. The average molecular weight is 427 g/mol. The van der Waals surface area contributed by atoms with Crippen LogP contribution in [-0.4, -0.2) is 9.13 Å². The van der Waals surface area contributed by atoms with Crippen molar-refractivity contribution in [2.24, 2.45) is 0 Å². The molecule has 160 valence electrons. The van der Waals surface area contributed by atoms with Gasteiger partial charge >= 0.3 is 0 Å². The molecule has 2 nitrogen and oxygen atoms in total. The van der Waals surface area contributed by atoms with Gasteiger partial charge in [0.15, 0.2) is 0 Å². The van der Waals surface area contributed by atoms with Gasteiger partial charge in [-0.2, -0.15) is 0 Å². The van der Waals surface area contributed by atoms with Gasteiger partial charge in [0, 0.05) is 44.8 Å². The highest BCUT2D eigenvalue weighted by molar-refractivity contribution is 6.10. The molecule has 0 amide bonds. The van der Waals surface area contributed by atoms with Crippen LogP contribution < -0.4 is 0 Å². The van der Waals surface area contributed by atoms with Crippen LogP contribution in [0.5, 0.6) is 0 Å². The second kappa shape index (κ2) is 8.14. The van der Waals surface area contributed by atoms with Gasteiger partial charge in [-0.25, -0.2) is 0 Å². The van der Waals surface area contributed by atoms with Gasteiger partial charge in [-0.1, -0.05) is 85.8 Å². The first-order chi connectivity index (χ1) is 16.4. The summed E-state index contributed by atoms with van der Waals surface area (Å²) in [6.07, 6.45) is 7.89. The van der Waals surface area contributed by atoms with Crippen molar-refractivity contribution in [3.05, 3.63) is 115 Å². The molecule has 6 rings (SSSR count). The van der Waals surface area contributed by atoms with Crippen molar-refractivity contribution in [2.75, 3.05) is 0 Å². The lowest BCUT2D eigenvalue weighted by Gasteiger charge is -2.11. The summed E-state index contributed by atoms with van der Waals surface area (Å²) in [5.41, 5.74) is 6.24. The molecule has 0 saturated heterocycles. The van der Waals surface area contributed by atoms with Crippen LogP contribution in [-0.2, 0) is 6.54 Å². The molecule has 2 aromatic heterocycles. The van der Waals surface area contributed by atoms with E-state index >= 15 is 0 Å². The van der Waals surface area contributed by atoms with Gasteiger partial charge < -0.3 is 9.13 Å². The van der Waals surface area contributed by atoms with Crippen molar-refractivity contribution < 1.29 is 0 Å². The molecule has 0 aliphatic carbocycles. The van der Waals surface area contributed by atoms with Gasteiger partial charge in [-0.15, -0.1) is 0 Å². The van der Waals surface area contributed by atoms with E-state index in [0.717, 1.165) is 13.0 Å². The fraction of sp³-hybridized carbons (Fsp3) is 0.0968. The van der Waals surface area contributed by atoms with Crippen LogP contribution in [0, 0.1) is 0 Å². The molecular formula is C31H26N2. The third-order valence-electron chi connectivity index (χ3n) is 6.53. The third kappa shape index (κ3) is 3.18. The smallest absolute Gasteiger partial charge is 0.0540 e. The summed E-state index contributed by atoms with van der Waals surface area (Å²) in [5, 5.41) is 5.20. The molecule has 0 aliphatic heterocycles. The molecule has 0 fully saturated rings. The van der Waals surface area contributed by atoms with E-state index in [0.29, 0.717) is 0 Å². The Bertz CT molecular complexity index is 1570. The van der Waals surface area contributed by atoms with E-state index in [4.69, 9.17) is 0 Å². The minimum absolute atomic E-state index is 0.804. The zero-order valence-corrected chi connectivity index (χ0v) is 18.8. The Balaban J connectivity index is 1.58. The van der Waals surface area contributed by atoms with E-state index in [9.17, 15) is 0 Å². The zero-order valence-electron chi connectivity index (χ0n) is 18.8. The van der Waals surface area contributed by atoms with E-state index in [1.807, 2.05) is 0 Å². The molecule has 0 saturated carbocycles. The van der Waals surface area contributed by atoms with Crippen LogP contribution in [0.3, 0.4) is 0 Å². The monoisotopic (exact) mass is 426 g/mol. The molecule has 0 N–H and O–H groups in total. The topological polar surface area (TPSA) is 9.86 Å². The molecule has 2 heterocycles. The maximum Gasteiger partial charge on any atom is 0.0540 e. The second-order valence-electron chi connectivity index (χ2n) is 8.45. The third-order valence-corrected chi connectivity index (χ3v) is 6.53. The lowest BCUT2D eigenvalue weighted by molar-refractivity contribution is 0.896. The molecule has 0 bridgehead atoms. The fourth-order valence-corrected chi connectivity index (χ4v) is 5.06. The Kier molecular flexibility index (Phi) is 4.84. The van der Waals surface area contributed by atoms with Crippen LogP contribution in [0.25, 0.3) is 49.3 Å². The van der Waals surface area contributed by atoms with Crippen molar-refractivity contribution in [1.29, 1.82) is 0 Å². The van der Waals surface area contributed by atoms with Gasteiger partial charge in [0.2, 0.25) is 0 Å². The van der Waals surface area contributed by atoms with E-state index in [2.05, 4.69) is 131 Å². The van der Waals surface area contributed by atoms with Crippen molar-refractivity contribution in [2.45, 2.75) is 19.9 Å². The Morgan fingerprint density at radius 2 is 1.03 bits per heavy atom. The van der Waals surface area contributed by atoms with E-state index in [-0.39, 0.29) is 0 Å². The summed E-state index contributed by atoms with van der Waals surface area (Å²) in [4.78, 5) is 0. The zero-order chi connectivity index (χ0) is 22.2. The van der Waals surface area contributed by atoms with Gasteiger partial charge in [0.05, 0.1) is 11.0 Å². The highest BCUT2D eigenvalue weighted by atomic mass is 15.0. The average Bonchev–Trinajstić information content (AvgIpc) is 3.38. The van der Waals surface area contributed by atoms with Crippen molar-refractivity contribution >= 4 is 49.3 Å². The van der Waals surface area contributed by atoms with E-state index in [1.165, 1.54) is 49.3 Å². The predicted molar refractivity (Wildman–Crippen MR) is 143 cm³/mol. The van der Waals surface area contributed by atoms with Gasteiger partial charge in [-0.3, -0.25) is 0 Å². The standard InChI is InChI=1S/C31H26N2/c1-2-3-12-23(33-30-19-10-6-15-26(30)27-16-7-11-20-31(27)33)21-22-32-28-17-8-4-13-24(28)25-14-5-9-18-29(25)32/h3-21H,2,22H2,1H3/b12-3-,23-21+. The summed E-state index contributed by atoms with van der Waals surface area (Å²) < 4.78 is 4.84. The molecule has 4 aromatic carbocycles. The van der Waals surface area contributed by atoms with Crippen LogP contribution in [0.1, 0.15) is 13.3 Å². The normalized spacial score (nSPS) is 12.7. The summed E-state index contributed by atoms with van der Waals surface area (Å²) in [7, 11) is 0. The van der Waals surface area contributed by atoms with E-state index in [1.54, 1.807) is 0 Å². The molecule has 0 aliphatic rings. The molecular weight excluding hydrogens is 400 g/mol. The predicted octanol–water partition coefficient (Wildman–Crippen LogP) is 8.41. The Morgan fingerprint density at radius 1 is 0.606 bits per heavy atom.